The van der Waals surface area contributed by atoms with Gasteiger partial charge < -0.3 is 10.3 Å². The van der Waals surface area contributed by atoms with Gasteiger partial charge in [-0.15, -0.1) is 0 Å². The third kappa shape index (κ3) is 2.45. The van der Waals surface area contributed by atoms with Crippen molar-refractivity contribution in [2.24, 2.45) is 0 Å². The Labute approximate surface area is 101 Å². The number of hydrogen-bond donors (Lipinski definition) is 2. The molecule has 2 aromatic rings. The third-order valence-corrected chi connectivity index (χ3v) is 2.86. The van der Waals surface area contributed by atoms with Gasteiger partial charge in [0.15, 0.2) is 0 Å². The maximum absolute atomic E-state index is 11.8. The molecule has 0 saturated carbocycles. The average molecular weight is 228 g/mol. The van der Waals surface area contributed by atoms with Gasteiger partial charge in [-0.25, -0.2) is 0 Å². The molecule has 0 bridgehead atoms. The van der Waals surface area contributed by atoms with Gasteiger partial charge in [-0.2, -0.15) is 0 Å². The van der Waals surface area contributed by atoms with E-state index in [0.717, 1.165) is 11.1 Å². The summed E-state index contributed by atoms with van der Waals surface area (Å²) in [5, 5.41) is 3.17. The largest absolute Gasteiger partial charge is 0.329 e. The van der Waals surface area contributed by atoms with Crippen LogP contribution < -0.4 is 10.9 Å². The summed E-state index contributed by atoms with van der Waals surface area (Å²) in [6, 6.07) is 11.8. The Kier molecular flexibility index (Phi) is 3.40. The number of hydrogen-bond acceptors (Lipinski definition) is 2. The van der Waals surface area contributed by atoms with E-state index in [-0.39, 0.29) is 11.6 Å². The van der Waals surface area contributed by atoms with Crippen molar-refractivity contribution < 1.29 is 0 Å². The van der Waals surface area contributed by atoms with E-state index >= 15 is 0 Å². The van der Waals surface area contributed by atoms with E-state index in [1.807, 2.05) is 38.2 Å². The van der Waals surface area contributed by atoms with Crippen LogP contribution in [0.25, 0.3) is 0 Å². The van der Waals surface area contributed by atoms with Gasteiger partial charge in [0.25, 0.3) is 5.56 Å². The first kappa shape index (κ1) is 11.6. The fourth-order valence-electron chi connectivity index (χ4n) is 1.92. The third-order valence-electron chi connectivity index (χ3n) is 2.86. The zero-order chi connectivity index (χ0) is 12.3. The molecule has 3 heteroatoms. The number of aromatic amines is 1. The lowest BCUT2D eigenvalue weighted by Gasteiger charge is -2.16. The summed E-state index contributed by atoms with van der Waals surface area (Å²) in [5.74, 6) is 0. The molecule has 0 spiro atoms. The lowest BCUT2D eigenvalue weighted by Crippen LogP contribution is -2.25. The number of rotatable bonds is 3. The highest BCUT2D eigenvalue weighted by atomic mass is 16.1. The second-order valence-electron chi connectivity index (χ2n) is 4.09. The van der Waals surface area contributed by atoms with Crippen molar-refractivity contribution in [3.63, 3.8) is 0 Å². The summed E-state index contributed by atoms with van der Waals surface area (Å²) in [7, 11) is 1.86. The highest BCUT2D eigenvalue weighted by molar-refractivity contribution is 5.31. The van der Waals surface area contributed by atoms with E-state index in [2.05, 4.69) is 22.4 Å². The molecule has 1 aromatic carbocycles. The van der Waals surface area contributed by atoms with Gasteiger partial charge in [-0.3, -0.25) is 4.79 Å². The molecule has 0 saturated heterocycles. The molecule has 88 valence electrons. The van der Waals surface area contributed by atoms with Crippen molar-refractivity contribution >= 4 is 0 Å². The average Bonchev–Trinajstić information content (AvgIpc) is 2.35. The molecule has 0 radical (unpaired) electrons. The smallest absolute Gasteiger partial charge is 0.253 e. The van der Waals surface area contributed by atoms with E-state index in [1.54, 1.807) is 6.20 Å². The summed E-state index contributed by atoms with van der Waals surface area (Å²) in [6.45, 7) is 2.05. The predicted molar refractivity (Wildman–Crippen MR) is 69.1 cm³/mol. The zero-order valence-electron chi connectivity index (χ0n) is 10.0. The Hall–Kier alpha value is -1.87. The molecule has 0 amide bonds. The monoisotopic (exact) mass is 228 g/mol. The van der Waals surface area contributed by atoms with Crippen LogP contribution in [0.4, 0.5) is 0 Å². The van der Waals surface area contributed by atoms with Crippen LogP contribution in [0.1, 0.15) is 22.7 Å². The first-order chi connectivity index (χ1) is 8.22. The summed E-state index contributed by atoms with van der Waals surface area (Å²) in [5.41, 5.74) is 2.99. The molecular formula is C14H16N2O. The molecule has 0 aliphatic carbocycles. The standard InChI is InChI=1S/C14H16N2O/c1-10-5-7-11(8-6-10)13(15-2)12-4-3-9-16-14(12)17/h3-9,13,15H,1-2H3,(H,16,17). The van der Waals surface area contributed by atoms with Crippen LogP contribution in [0, 0.1) is 6.92 Å². The molecule has 1 heterocycles. The first-order valence-electron chi connectivity index (χ1n) is 5.64. The molecular weight excluding hydrogens is 212 g/mol. The van der Waals surface area contributed by atoms with Crippen LogP contribution in [-0.2, 0) is 0 Å². The zero-order valence-corrected chi connectivity index (χ0v) is 10.0. The summed E-state index contributed by atoms with van der Waals surface area (Å²) < 4.78 is 0. The Morgan fingerprint density at radius 1 is 1.18 bits per heavy atom. The van der Waals surface area contributed by atoms with Gasteiger partial charge in [0.05, 0.1) is 6.04 Å². The van der Waals surface area contributed by atoms with E-state index in [4.69, 9.17) is 0 Å². The van der Waals surface area contributed by atoms with E-state index in [1.165, 1.54) is 5.56 Å². The normalized spacial score (nSPS) is 12.4. The summed E-state index contributed by atoms with van der Waals surface area (Å²) in [4.78, 5) is 14.5. The minimum atomic E-state index is -0.0689. The summed E-state index contributed by atoms with van der Waals surface area (Å²) in [6.07, 6.45) is 1.65. The van der Waals surface area contributed by atoms with Gasteiger partial charge in [0.1, 0.15) is 0 Å². The van der Waals surface area contributed by atoms with Crippen molar-refractivity contribution in [1.29, 1.82) is 0 Å². The van der Waals surface area contributed by atoms with Crippen molar-refractivity contribution in [2.75, 3.05) is 7.05 Å². The number of pyridine rings is 1. The molecule has 2 N–H and O–H groups in total. The van der Waals surface area contributed by atoms with Gasteiger partial charge in [-0.1, -0.05) is 35.9 Å². The molecule has 3 nitrogen and oxygen atoms in total. The SMILES string of the molecule is CNC(c1ccc(C)cc1)c1ccc[nH]c1=O. The van der Waals surface area contributed by atoms with Crippen LogP contribution in [0.2, 0.25) is 0 Å². The van der Waals surface area contributed by atoms with Gasteiger partial charge in [0, 0.05) is 11.8 Å². The minimum Gasteiger partial charge on any atom is -0.329 e. The molecule has 1 unspecified atom stereocenters. The van der Waals surface area contributed by atoms with Crippen LogP contribution in [0.5, 0.6) is 0 Å². The second-order valence-corrected chi connectivity index (χ2v) is 4.09. The molecule has 1 aromatic heterocycles. The van der Waals surface area contributed by atoms with E-state index in [9.17, 15) is 4.79 Å². The van der Waals surface area contributed by atoms with E-state index < -0.39 is 0 Å². The fraction of sp³-hybridized carbons (Fsp3) is 0.214. The molecule has 0 fully saturated rings. The minimum absolute atomic E-state index is 0.0487. The Morgan fingerprint density at radius 2 is 1.88 bits per heavy atom. The Balaban J connectivity index is 2.44. The molecule has 0 aliphatic rings. The lowest BCUT2D eigenvalue weighted by molar-refractivity contribution is 0.682. The quantitative estimate of drug-likeness (QED) is 0.844. The van der Waals surface area contributed by atoms with Crippen LogP contribution in [0.15, 0.2) is 47.4 Å². The highest BCUT2D eigenvalue weighted by Gasteiger charge is 2.14. The number of aromatic nitrogens is 1. The maximum atomic E-state index is 11.8. The maximum Gasteiger partial charge on any atom is 0.253 e. The summed E-state index contributed by atoms with van der Waals surface area (Å²) >= 11 is 0. The molecule has 0 aliphatic heterocycles. The predicted octanol–water partition coefficient (Wildman–Crippen LogP) is 1.99. The molecule has 17 heavy (non-hydrogen) atoms. The van der Waals surface area contributed by atoms with Crippen LogP contribution >= 0.6 is 0 Å². The number of H-pyrrole nitrogens is 1. The van der Waals surface area contributed by atoms with Gasteiger partial charge in [0.2, 0.25) is 0 Å². The number of aryl methyl sites for hydroxylation is 1. The van der Waals surface area contributed by atoms with Crippen molar-refractivity contribution in [1.82, 2.24) is 10.3 Å². The van der Waals surface area contributed by atoms with Crippen molar-refractivity contribution in [2.45, 2.75) is 13.0 Å². The number of benzene rings is 1. The topological polar surface area (TPSA) is 44.9 Å². The molecule has 2 rings (SSSR count). The highest BCUT2D eigenvalue weighted by Crippen LogP contribution is 2.18. The van der Waals surface area contributed by atoms with Crippen molar-refractivity contribution in [3.05, 3.63) is 69.6 Å². The van der Waals surface area contributed by atoms with Crippen LogP contribution in [-0.4, -0.2) is 12.0 Å². The fourth-order valence-corrected chi connectivity index (χ4v) is 1.92. The molecule has 1 atom stereocenters. The Bertz CT molecular complexity index is 543. The first-order valence-corrected chi connectivity index (χ1v) is 5.64. The number of nitrogens with one attached hydrogen (secondary N) is 2. The Morgan fingerprint density at radius 3 is 2.47 bits per heavy atom. The van der Waals surface area contributed by atoms with Crippen LogP contribution in [0.3, 0.4) is 0 Å². The second kappa shape index (κ2) is 4.97. The van der Waals surface area contributed by atoms with Gasteiger partial charge >= 0.3 is 0 Å². The lowest BCUT2D eigenvalue weighted by atomic mass is 9.99. The van der Waals surface area contributed by atoms with Gasteiger partial charge in [-0.05, 0) is 25.6 Å². The van der Waals surface area contributed by atoms with E-state index in [0.29, 0.717) is 0 Å². The van der Waals surface area contributed by atoms with Crippen molar-refractivity contribution in [3.8, 4) is 0 Å².